The van der Waals surface area contributed by atoms with Crippen LogP contribution in [0.4, 0.5) is 5.82 Å². The van der Waals surface area contributed by atoms with Gasteiger partial charge in [-0.3, -0.25) is 4.84 Å². The maximum absolute atomic E-state index is 5.62. The first-order chi connectivity index (χ1) is 10.2. The lowest BCUT2D eigenvalue weighted by atomic mass is 9.90. The van der Waals surface area contributed by atoms with Crippen molar-refractivity contribution >= 4 is 5.82 Å². The van der Waals surface area contributed by atoms with E-state index < -0.39 is 0 Å². The average Bonchev–Trinajstić information content (AvgIpc) is 2.89. The van der Waals surface area contributed by atoms with E-state index >= 15 is 0 Å². The van der Waals surface area contributed by atoms with Crippen LogP contribution in [0.2, 0.25) is 0 Å². The minimum atomic E-state index is -0.100. The third-order valence-electron chi connectivity index (χ3n) is 3.69. The molecule has 124 valence electrons. The molecule has 2 rings (SSSR count). The van der Waals surface area contributed by atoms with Crippen molar-refractivity contribution in [2.75, 3.05) is 25.3 Å². The summed E-state index contributed by atoms with van der Waals surface area (Å²) in [5.41, 5.74) is 3.88. The van der Waals surface area contributed by atoms with Crippen LogP contribution in [0.15, 0.2) is 6.07 Å². The van der Waals surface area contributed by atoms with Gasteiger partial charge in [-0.2, -0.15) is 0 Å². The zero-order valence-electron chi connectivity index (χ0n) is 14.7. The number of nitrogens with zero attached hydrogens (tertiary/aromatic N) is 2. The Labute approximate surface area is 133 Å². The van der Waals surface area contributed by atoms with Gasteiger partial charge in [-0.05, 0) is 6.42 Å². The number of anilines is 1. The van der Waals surface area contributed by atoms with Crippen molar-refractivity contribution in [1.29, 1.82) is 0 Å². The zero-order valence-corrected chi connectivity index (χ0v) is 14.7. The van der Waals surface area contributed by atoms with E-state index in [1.54, 1.807) is 0 Å². The van der Waals surface area contributed by atoms with E-state index in [0.717, 1.165) is 37.0 Å². The van der Waals surface area contributed by atoms with Gasteiger partial charge in [0.2, 0.25) is 0 Å². The fourth-order valence-corrected chi connectivity index (χ4v) is 2.17. The van der Waals surface area contributed by atoms with Crippen molar-refractivity contribution in [3.63, 3.8) is 0 Å². The van der Waals surface area contributed by atoms with Crippen LogP contribution in [0.3, 0.4) is 0 Å². The number of hydrogen-bond acceptors (Lipinski definition) is 5. The second-order valence-electron chi connectivity index (χ2n) is 8.10. The smallest absolute Gasteiger partial charge is 0.153 e. The molecule has 2 heterocycles. The Morgan fingerprint density at radius 2 is 1.91 bits per heavy atom. The van der Waals surface area contributed by atoms with Gasteiger partial charge < -0.3 is 4.74 Å². The highest BCUT2D eigenvalue weighted by molar-refractivity contribution is 5.37. The van der Waals surface area contributed by atoms with Crippen molar-refractivity contribution in [3.05, 3.63) is 17.6 Å². The number of hydrogen-bond donors (Lipinski definition) is 1. The Morgan fingerprint density at radius 3 is 2.45 bits per heavy atom. The van der Waals surface area contributed by atoms with Gasteiger partial charge in [-0.1, -0.05) is 41.5 Å². The summed E-state index contributed by atoms with van der Waals surface area (Å²) < 4.78 is 5.35. The van der Waals surface area contributed by atoms with Crippen LogP contribution in [0.1, 0.15) is 59.5 Å². The Bertz CT molecular complexity index is 465. The summed E-state index contributed by atoms with van der Waals surface area (Å²) in [5.74, 6) is 2.03. The fourth-order valence-electron chi connectivity index (χ4n) is 2.17. The van der Waals surface area contributed by atoms with Crippen LogP contribution in [0.5, 0.6) is 0 Å². The summed E-state index contributed by atoms with van der Waals surface area (Å²) in [7, 11) is 0. The molecule has 1 aromatic rings. The Hall–Kier alpha value is -1.20. The van der Waals surface area contributed by atoms with E-state index in [4.69, 9.17) is 14.6 Å². The molecule has 1 unspecified atom stereocenters. The standard InChI is InChI=1S/C17H29N3O2/c1-16(2,3)13-9-14(19-15(18-13)17(4,5)6)20-22-11-12-7-8-21-10-12/h9,12H,7-8,10-11H2,1-6H3,(H,18,19,20). The topological polar surface area (TPSA) is 56.3 Å². The van der Waals surface area contributed by atoms with Gasteiger partial charge in [0.1, 0.15) is 5.82 Å². The van der Waals surface area contributed by atoms with E-state index in [-0.39, 0.29) is 10.8 Å². The van der Waals surface area contributed by atoms with E-state index in [1.165, 1.54) is 0 Å². The van der Waals surface area contributed by atoms with Gasteiger partial charge in [0.15, 0.2) is 5.82 Å². The van der Waals surface area contributed by atoms with Crippen LogP contribution in [-0.2, 0) is 20.4 Å². The van der Waals surface area contributed by atoms with Crippen molar-refractivity contribution in [1.82, 2.24) is 9.97 Å². The summed E-state index contributed by atoms with van der Waals surface area (Å²) in [4.78, 5) is 15.0. The number of ether oxygens (including phenoxy) is 1. The molecular formula is C17H29N3O2. The highest BCUT2D eigenvalue weighted by atomic mass is 16.6. The lowest BCUT2D eigenvalue weighted by Gasteiger charge is -2.24. The van der Waals surface area contributed by atoms with Crippen LogP contribution < -0.4 is 5.48 Å². The summed E-state index contributed by atoms with van der Waals surface area (Å²) in [6.07, 6.45) is 1.06. The average molecular weight is 307 g/mol. The molecule has 1 saturated heterocycles. The predicted molar refractivity (Wildman–Crippen MR) is 87.9 cm³/mol. The van der Waals surface area contributed by atoms with Gasteiger partial charge in [-0.25, -0.2) is 15.4 Å². The molecule has 1 aromatic heterocycles. The SMILES string of the molecule is CC(C)(C)c1cc(NOCC2CCOC2)nc(C(C)(C)C)n1. The van der Waals surface area contributed by atoms with Crippen LogP contribution in [0, 0.1) is 5.92 Å². The summed E-state index contributed by atoms with van der Waals surface area (Å²) in [6.45, 7) is 15.1. The molecule has 5 nitrogen and oxygen atoms in total. The quantitative estimate of drug-likeness (QED) is 0.863. The number of rotatable bonds is 4. The molecule has 1 aliphatic rings. The molecule has 0 saturated carbocycles. The fraction of sp³-hybridized carbons (Fsp3) is 0.765. The molecule has 0 amide bonds. The first kappa shape index (κ1) is 17.2. The minimum absolute atomic E-state index is 0.0291. The first-order valence-corrected chi connectivity index (χ1v) is 8.02. The van der Waals surface area contributed by atoms with E-state index in [9.17, 15) is 0 Å². The summed E-state index contributed by atoms with van der Waals surface area (Å²) in [5, 5.41) is 0. The molecule has 1 N–H and O–H groups in total. The molecule has 1 atom stereocenters. The van der Waals surface area contributed by atoms with Crippen molar-refractivity contribution in [2.24, 2.45) is 5.92 Å². The van der Waals surface area contributed by atoms with Crippen molar-refractivity contribution in [3.8, 4) is 0 Å². The second kappa shape index (κ2) is 6.50. The van der Waals surface area contributed by atoms with Crippen LogP contribution in [0.25, 0.3) is 0 Å². The van der Waals surface area contributed by atoms with Gasteiger partial charge >= 0.3 is 0 Å². The zero-order chi connectivity index (χ0) is 16.4. The van der Waals surface area contributed by atoms with E-state index in [2.05, 4.69) is 52.0 Å². The third-order valence-corrected chi connectivity index (χ3v) is 3.69. The van der Waals surface area contributed by atoms with Gasteiger partial charge in [0, 0.05) is 29.4 Å². The summed E-state index contributed by atoms with van der Waals surface area (Å²) >= 11 is 0. The van der Waals surface area contributed by atoms with E-state index in [0.29, 0.717) is 12.5 Å². The molecule has 0 aliphatic carbocycles. The number of aromatic nitrogens is 2. The summed E-state index contributed by atoms with van der Waals surface area (Å²) in [6, 6.07) is 1.97. The van der Waals surface area contributed by atoms with E-state index in [1.807, 2.05) is 6.07 Å². The second-order valence-corrected chi connectivity index (χ2v) is 8.10. The molecule has 0 aromatic carbocycles. The minimum Gasteiger partial charge on any atom is -0.381 e. The van der Waals surface area contributed by atoms with Gasteiger partial charge in [0.25, 0.3) is 0 Å². The maximum Gasteiger partial charge on any atom is 0.153 e. The van der Waals surface area contributed by atoms with Crippen LogP contribution in [-0.4, -0.2) is 29.8 Å². The number of nitrogens with one attached hydrogen (secondary N) is 1. The van der Waals surface area contributed by atoms with Crippen molar-refractivity contribution in [2.45, 2.75) is 58.8 Å². The third kappa shape index (κ3) is 4.65. The molecule has 5 heteroatoms. The molecule has 0 bridgehead atoms. The van der Waals surface area contributed by atoms with Crippen molar-refractivity contribution < 1.29 is 9.57 Å². The lowest BCUT2D eigenvalue weighted by Crippen LogP contribution is -2.23. The molecule has 1 fully saturated rings. The van der Waals surface area contributed by atoms with Gasteiger partial charge in [0.05, 0.1) is 18.9 Å². The molecule has 22 heavy (non-hydrogen) atoms. The first-order valence-electron chi connectivity index (χ1n) is 8.02. The largest absolute Gasteiger partial charge is 0.381 e. The Morgan fingerprint density at radius 1 is 1.18 bits per heavy atom. The monoisotopic (exact) mass is 307 g/mol. The lowest BCUT2D eigenvalue weighted by molar-refractivity contribution is 0.126. The Balaban J connectivity index is 2.11. The highest BCUT2D eigenvalue weighted by Gasteiger charge is 2.24. The predicted octanol–water partition coefficient (Wildman–Crippen LogP) is 3.45. The molecule has 0 radical (unpaired) electrons. The maximum atomic E-state index is 5.62. The normalized spacial score (nSPS) is 19.5. The molecule has 1 aliphatic heterocycles. The molecule has 0 spiro atoms. The Kier molecular flexibility index (Phi) is 5.07. The highest BCUT2D eigenvalue weighted by Crippen LogP contribution is 2.26. The van der Waals surface area contributed by atoms with Gasteiger partial charge in [-0.15, -0.1) is 0 Å². The van der Waals surface area contributed by atoms with Crippen LogP contribution >= 0.6 is 0 Å². The molecular weight excluding hydrogens is 278 g/mol.